The third kappa shape index (κ3) is 4.53. The van der Waals surface area contributed by atoms with Gasteiger partial charge in [0.25, 0.3) is 5.56 Å². The Hall–Kier alpha value is -3.91. The van der Waals surface area contributed by atoms with Crippen LogP contribution in [0.4, 0.5) is 13.2 Å². The molecule has 0 amide bonds. The second-order valence-corrected chi connectivity index (χ2v) is 9.93. The highest BCUT2D eigenvalue weighted by Crippen LogP contribution is 2.39. The Balaban J connectivity index is 1.84. The van der Waals surface area contributed by atoms with Gasteiger partial charge in [-0.3, -0.25) is 9.20 Å². The summed E-state index contributed by atoms with van der Waals surface area (Å²) < 4.78 is 42.0. The number of nitrogens with zero attached hydrogens (tertiary/aromatic N) is 1. The van der Waals surface area contributed by atoms with Gasteiger partial charge in [0.15, 0.2) is 0 Å². The maximum Gasteiger partial charge on any atom is 0.416 e. The molecule has 2 heterocycles. The second kappa shape index (κ2) is 9.52. The molecule has 37 heavy (non-hydrogen) atoms. The molecular weight excluding hydrogens is 499 g/mol. The van der Waals surface area contributed by atoms with E-state index in [4.69, 9.17) is 0 Å². The molecule has 0 unspecified atom stereocenters. The van der Waals surface area contributed by atoms with Gasteiger partial charge in [0.05, 0.1) is 5.56 Å². The van der Waals surface area contributed by atoms with Gasteiger partial charge in [-0.2, -0.15) is 13.2 Å². The molecule has 188 valence electrons. The topological polar surface area (TPSA) is 58.8 Å². The molecule has 8 heteroatoms. The summed E-state index contributed by atoms with van der Waals surface area (Å²) in [5.74, 6) is -1.24. The van der Waals surface area contributed by atoms with E-state index in [1.807, 2.05) is 49.4 Å². The van der Waals surface area contributed by atoms with Crippen LogP contribution < -0.4 is 5.56 Å². The zero-order valence-electron chi connectivity index (χ0n) is 19.8. The molecule has 0 saturated heterocycles. The van der Waals surface area contributed by atoms with Crippen molar-refractivity contribution in [3.8, 4) is 11.1 Å². The van der Waals surface area contributed by atoms with Gasteiger partial charge in [0.1, 0.15) is 10.5 Å². The average Bonchev–Trinajstić information content (AvgIpc) is 3.24. The Labute approximate surface area is 214 Å². The van der Waals surface area contributed by atoms with E-state index >= 15 is 0 Å². The number of carbonyl (C=O) groups is 1. The molecule has 1 N–H and O–H groups in total. The van der Waals surface area contributed by atoms with Gasteiger partial charge in [-0.15, -0.1) is 11.3 Å². The molecule has 0 fully saturated rings. The molecule has 0 radical (unpaired) electrons. The highest BCUT2D eigenvalue weighted by Gasteiger charge is 2.31. The monoisotopic (exact) mass is 521 g/mol. The normalized spacial score (nSPS) is 11.9. The molecular formula is C29H22F3NO3S. The minimum absolute atomic E-state index is 0.128. The molecule has 0 aliphatic rings. The number of carboxylic acids is 1. The van der Waals surface area contributed by atoms with Crippen molar-refractivity contribution in [1.82, 2.24) is 4.40 Å². The van der Waals surface area contributed by atoms with E-state index < -0.39 is 23.3 Å². The lowest BCUT2D eigenvalue weighted by atomic mass is 9.93. The number of thiazole rings is 1. The van der Waals surface area contributed by atoms with Crippen LogP contribution in [0.1, 0.15) is 45.4 Å². The van der Waals surface area contributed by atoms with E-state index in [2.05, 4.69) is 0 Å². The smallest absolute Gasteiger partial charge is 0.416 e. The van der Waals surface area contributed by atoms with Crippen molar-refractivity contribution in [2.45, 2.75) is 32.4 Å². The zero-order chi connectivity index (χ0) is 26.3. The molecule has 0 aliphatic heterocycles. The van der Waals surface area contributed by atoms with Gasteiger partial charge in [0.2, 0.25) is 0 Å². The maximum absolute atomic E-state index is 13.6. The van der Waals surface area contributed by atoms with Crippen molar-refractivity contribution in [2.75, 3.05) is 0 Å². The molecule has 0 atom stereocenters. The largest absolute Gasteiger partial charge is 0.477 e. The Kier molecular flexibility index (Phi) is 6.37. The summed E-state index contributed by atoms with van der Waals surface area (Å²) in [6.07, 6.45) is -3.16. The summed E-state index contributed by atoms with van der Waals surface area (Å²) in [6, 6.07) is 19.9. The number of aryl methyl sites for hydroxylation is 1. The highest BCUT2D eigenvalue weighted by molar-refractivity contribution is 7.18. The van der Waals surface area contributed by atoms with Crippen LogP contribution in [0.25, 0.3) is 26.7 Å². The Morgan fingerprint density at radius 1 is 0.973 bits per heavy atom. The number of rotatable bonds is 6. The van der Waals surface area contributed by atoms with Crippen molar-refractivity contribution in [3.63, 3.8) is 0 Å². The summed E-state index contributed by atoms with van der Waals surface area (Å²) in [5.41, 5.74) is 0.723. The fraction of sp³-hybridized carbons (Fsp3) is 0.172. The van der Waals surface area contributed by atoms with Crippen molar-refractivity contribution in [1.29, 1.82) is 0 Å². The Morgan fingerprint density at radius 3 is 2.43 bits per heavy atom. The first-order chi connectivity index (χ1) is 17.7. The number of aromatic nitrogens is 1. The van der Waals surface area contributed by atoms with E-state index in [0.29, 0.717) is 40.1 Å². The summed E-state index contributed by atoms with van der Waals surface area (Å²) in [7, 11) is 0. The van der Waals surface area contributed by atoms with Crippen LogP contribution in [0.3, 0.4) is 0 Å². The number of halogens is 3. The third-order valence-electron chi connectivity index (χ3n) is 6.38. The first-order valence-electron chi connectivity index (χ1n) is 11.8. The van der Waals surface area contributed by atoms with E-state index in [9.17, 15) is 27.9 Å². The lowest BCUT2D eigenvalue weighted by molar-refractivity contribution is -0.137. The van der Waals surface area contributed by atoms with Crippen LogP contribution in [0.15, 0.2) is 77.6 Å². The Morgan fingerprint density at radius 2 is 1.70 bits per heavy atom. The van der Waals surface area contributed by atoms with Crippen LogP contribution in [0.5, 0.6) is 0 Å². The molecule has 5 aromatic rings. The quantitative estimate of drug-likeness (QED) is 0.253. The van der Waals surface area contributed by atoms with Crippen LogP contribution >= 0.6 is 11.3 Å². The third-order valence-corrected chi connectivity index (χ3v) is 7.61. The lowest BCUT2D eigenvalue weighted by Gasteiger charge is -2.15. The van der Waals surface area contributed by atoms with E-state index in [0.717, 1.165) is 44.2 Å². The van der Waals surface area contributed by atoms with E-state index in [1.165, 1.54) is 12.1 Å². The number of alkyl halides is 3. The highest BCUT2D eigenvalue weighted by atomic mass is 32.1. The summed E-state index contributed by atoms with van der Waals surface area (Å²) in [4.78, 5) is 26.4. The van der Waals surface area contributed by atoms with Gasteiger partial charge in [0, 0.05) is 16.5 Å². The van der Waals surface area contributed by atoms with Gasteiger partial charge in [-0.05, 0) is 52.4 Å². The van der Waals surface area contributed by atoms with Gasteiger partial charge >= 0.3 is 12.1 Å². The molecule has 0 aliphatic carbocycles. The van der Waals surface area contributed by atoms with E-state index in [-0.39, 0.29) is 11.3 Å². The molecule has 2 aromatic heterocycles. The summed E-state index contributed by atoms with van der Waals surface area (Å²) in [5, 5.41) is 11.9. The molecule has 0 bridgehead atoms. The molecule has 0 saturated carbocycles. The fourth-order valence-corrected chi connectivity index (χ4v) is 6.23. The minimum atomic E-state index is -4.55. The van der Waals surface area contributed by atoms with Crippen molar-refractivity contribution in [3.05, 3.63) is 110 Å². The second-order valence-electron chi connectivity index (χ2n) is 8.85. The molecule has 4 nitrogen and oxygen atoms in total. The summed E-state index contributed by atoms with van der Waals surface area (Å²) >= 11 is 1.16. The summed E-state index contributed by atoms with van der Waals surface area (Å²) in [6.45, 7) is 1.90. The number of hydrogen-bond acceptors (Lipinski definition) is 3. The Bertz CT molecular complexity index is 1710. The number of aromatic carboxylic acids is 1. The molecule has 5 rings (SSSR count). The first-order valence-corrected chi connectivity index (χ1v) is 12.6. The van der Waals surface area contributed by atoms with E-state index in [1.54, 1.807) is 6.07 Å². The average molecular weight is 522 g/mol. The number of carboxylic acid groups (broad SMARTS) is 1. The van der Waals surface area contributed by atoms with Gasteiger partial charge in [-0.25, -0.2) is 4.79 Å². The zero-order valence-corrected chi connectivity index (χ0v) is 20.6. The minimum Gasteiger partial charge on any atom is -0.477 e. The predicted octanol–water partition coefficient (Wildman–Crippen LogP) is 7.44. The van der Waals surface area contributed by atoms with Crippen molar-refractivity contribution in [2.24, 2.45) is 0 Å². The number of pyridine rings is 1. The number of fused-ring (bicyclic) bond motifs is 2. The molecule has 3 aromatic carbocycles. The lowest BCUT2D eigenvalue weighted by Crippen LogP contribution is -2.19. The van der Waals surface area contributed by atoms with Crippen LogP contribution in [0, 0.1) is 0 Å². The van der Waals surface area contributed by atoms with Gasteiger partial charge in [-0.1, -0.05) is 67.9 Å². The first kappa shape index (κ1) is 24.8. The SMILES string of the molecule is CCCc1sc2c(-c3cccc(C(F)(F)F)c3)c(Cc3cccc4ccccc34)cc(=O)n2c1C(=O)O. The standard InChI is InChI=1S/C29H22F3NO3S/c1-2-7-23-26(28(35)36)33-24(34)16-20(14-18-10-5-9-17-8-3-4-13-22(17)18)25(27(33)37-23)19-11-6-12-21(15-19)29(30,31)32/h3-6,8-13,15-16H,2,7,14H2,1H3,(H,35,36). The van der Waals surface area contributed by atoms with Crippen LogP contribution in [-0.2, 0) is 19.0 Å². The maximum atomic E-state index is 13.6. The van der Waals surface area contributed by atoms with Gasteiger partial charge < -0.3 is 5.11 Å². The predicted molar refractivity (Wildman–Crippen MR) is 140 cm³/mol. The van der Waals surface area contributed by atoms with Crippen LogP contribution in [0.2, 0.25) is 0 Å². The number of hydrogen-bond donors (Lipinski definition) is 1. The fourth-order valence-electron chi connectivity index (χ4n) is 4.80. The van der Waals surface area contributed by atoms with Crippen molar-refractivity contribution >= 4 is 32.9 Å². The molecule has 0 spiro atoms. The van der Waals surface area contributed by atoms with Crippen LogP contribution in [-0.4, -0.2) is 15.5 Å². The van der Waals surface area contributed by atoms with Crippen molar-refractivity contribution < 1.29 is 23.1 Å². The number of benzene rings is 3.